The highest BCUT2D eigenvalue weighted by Crippen LogP contribution is 2.43. The molecule has 1 aliphatic rings. The van der Waals surface area contributed by atoms with Crippen molar-refractivity contribution >= 4 is 35.0 Å². The van der Waals surface area contributed by atoms with E-state index in [4.69, 9.17) is 0 Å². The van der Waals surface area contributed by atoms with Crippen molar-refractivity contribution in [2.75, 3.05) is 16.0 Å². The summed E-state index contributed by atoms with van der Waals surface area (Å²) in [5.41, 5.74) is 4.06. The molecule has 0 saturated carbocycles. The van der Waals surface area contributed by atoms with Gasteiger partial charge >= 0.3 is 0 Å². The van der Waals surface area contributed by atoms with E-state index < -0.39 is 0 Å². The van der Waals surface area contributed by atoms with Crippen molar-refractivity contribution in [3.63, 3.8) is 0 Å². The van der Waals surface area contributed by atoms with Crippen molar-refractivity contribution in [1.82, 2.24) is 0 Å². The molecule has 2 aromatic carbocycles. The monoisotopic (exact) mass is 396 g/mol. The van der Waals surface area contributed by atoms with Gasteiger partial charge in [-0.2, -0.15) is 0 Å². The van der Waals surface area contributed by atoms with Crippen molar-refractivity contribution in [1.29, 1.82) is 0 Å². The second kappa shape index (κ2) is 9.78. The largest absolute Gasteiger partial charge is 0.326 e. The van der Waals surface area contributed by atoms with E-state index in [1.807, 2.05) is 47.4 Å². The second-order valence-corrected chi connectivity index (χ2v) is 8.11. The molecule has 0 aliphatic carbocycles. The molecule has 1 N–H and O–H groups in total. The van der Waals surface area contributed by atoms with Crippen LogP contribution < -0.4 is 10.2 Å². The van der Waals surface area contributed by atoms with Gasteiger partial charge in [-0.3, -0.25) is 14.5 Å². The summed E-state index contributed by atoms with van der Waals surface area (Å²) in [6.07, 6.45) is 4.56. The third-order valence-electron chi connectivity index (χ3n) is 4.99. The first-order valence-corrected chi connectivity index (χ1v) is 11.1. The van der Waals surface area contributed by atoms with E-state index in [1.165, 1.54) is 5.56 Å². The summed E-state index contributed by atoms with van der Waals surface area (Å²) in [4.78, 5) is 26.5. The molecule has 0 radical (unpaired) electrons. The lowest BCUT2D eigenvalue weighted by molar-refractivity contribution is -0.116. The minimum Gasteiger partial charge on any atom is -0.326 e. The van der Waals surface area contributed by atoms with Gasteiger partial charge in [0.25, 0.3) is 0 Å². The van der Waals surface area contributed by atoms with E-state index in [1.54, 1.807) is 11.8 Å². The number of nitrogens with zero attached hydrogens (tertiary/aromatic N) is 1. The molecule has 4 nitrogen and oxygen atoms in total. The van der Waals surface area contributed by atoms with Crippen molar-refractivity contribution in [3.05, 3.63) is 59.7 Å². The number of unbranched alkanes of at least 4 members (excludes halogenated alkanes) is 2. The highest BCUT2D eigenvalue weighted by molar-refractivity contribution is 8.00. The topological polar surface area (TPSA) is 49.4 Å². The van der Waals surface area contributed by atoms with Gasteiger partial charge in [0.2, 0.25) is 11.8 Å². The lowest BCUT2D eigenvalue weighted by Gasteiger charge is -2.26. The highest BCUT2D eigenvalue weighted by atomic mass is 32.2. The van der Waals surface area contributed by atoms with Crippen LogP contribution >= 0.6 is 11.8 Å². The Kier molecular flexibility index (Phi) is 7.15. The molecule has 148 valence electrons. The average Bonchev–Trinajstić information content (AvgIpc) is 3.10. The normalized spacial score (nSPS) is 16.4. The van der Waals surface area contributed by atoms with Crippen LogP contribution in [-0.4, -0.2) is 17.6 Å². The van der Waals surface area contributed by atoms with Crippen molar-refractivity contribution in [2.45, 2.75) is 51.3 Å². The molecule has 1 aliphatic heterocycles. The van der Waals surface area contributed by atoms with E-state index in [2.05, 4.69) is 25.2 Å². The van der Waals surface area contributed by atoms with Crippen molar-refractivity contribution in [3.8, 4) is 0 Å². The molecular formula is C23H28N2O2S. The maximum atomic E-state index is 12.6. The standard InChI is InChI=1S/C23H28N2O2S/c1-3-5-6-11-21(26)24-19-14-12-18(13-15-19)23-25(22(27)16-28-23)20-10-8-7-9-17(20)4-2/h7-10,12-15,23H,3-6,11,16H2,1-2H3,(H,24,26)/t23-/m1/s1. The molecule has 0 spiro atoms. The fourth-order valence-corrected chi connectivity index (χ4v) is 4.64. The average molecular weight is 397 g/mol. The minimum atomic E-state index is -0.0329. The molecule has 1 heterocycles. The smallest absolute Gasteiger partial charge is 0.238 e. The van der Waals surface area contributed by atoms with Crippen LogP contribution in [0.4, 0.5) is 11.4 Å². The summed E-state index contributed by atoms with van der Waals surface area (Å²) < 4.78 is 0. The molecule has 3 rings (SSSR count). The van der Waals surface area contributed by atoms with Crippen molar-refractivity contribution < 1.29 is 9.59 Å². The molecule has 2 amide bonds. The zero-order valence-electron chi connectivity index (χ0n) is 16.6. The first-order valence-electron chi connectivity index (χ1n) is 10.1. The van der Waals surface area contributed by atoms with Crippen LogP contribution in [0.5, 0.6) is 0 Å². The number of aryl methyl sites for hydroxylation is 1. The summed E-state index contributed by atoms with van der Waals surface area (Å²) in [6.45, 7) is 4.24. The lowest BCUT2D eigenvalue weighted by Crippen LogP contribution is -2.28. The van der Waals surface area contributed by atoms with Crippen LogP contribution in [0.1, 0.15) is 56.0 Å². The van der Waals surface area contributed by atoms with Gasteiger partial charge < -0.3 is 5.32 Å². The lowest BCUT2D eigenvalue weighted by atomic mass is 10.1. The molecular weight excluding hydrogens is 368 g/mol. The Morgan fingerprint density at radius 3 is 2.57 bits per heavy atom. The fourth-order valence-electron chi connectivity index (χ4n) is 3.47. The Bertz CT molecular complexity index is 820. The number of nitrogens with one attached hydrogen (secondary N) is 1. The number of carbonyl (C=O) groups excluding carboxylic acids is 2. The zero-order valence-corrected chi connectivity index (χ0v) is 17.4. The quantitative estimate of drug-likeness (QED) is 0.596. The van der Waals surface area contributed by atoms with E-state index in [0.717, 1.165) is 42.6 Å². The third-order valence-corrected chi connectivity index (χ3v) is 6.20. The maximum absolute atomic E-state index is 12.6. The van der Waals surface area contributed by atoms with E-state index >= 15 is 0 Å². The predicted molar refractivity (Wildman–Crippen MR) is 118 cm³/mol. The number of hydrogen-bond acceptors (Lipinski definition) is 3. The molecule has 0 aromatic heterocycles. The van der Waals surface area contributed by atoms with Gasteiger partial charge in [-0.1, -0.05) is 57.0 Å². The summed E-state index contributed by atoms with van der Waals surface area (Å²) in [6, 6.07) is 16.0. The van der Waals surface area contributed by atoms with Gasteiger partial charge in [0, 0.05) is 17.8 Å². The number of hydrogen-bond donors (Lipinski definition) is 1. The minimum absolute atomic E-state index is 0.0329. The summed E-state index contributed by atoms with van der Waals surface area (Å²) >= 11 is 1.65. The first-order chi connectivity index (χ1) is 13.6. The summed E-state index contributed by atoms with van der Waals surface area (Å²) in [5.74, 6) is 0.688. The van der Waals surface area contributed by atoms with E-state index in [9.17, 15) is 9.59 Å². The van der Waals surface area contributed by atoms with Crippen LogP contribution in [0.15, 0.2) is 48.5 Å². The third kappa shape index (κ3) is 4.76. The molecule has 0 unspecified atom stereocenters. The van der Waals surface area contributed by atoms with Gasteiger partial charge in [0.1, 0.15) is 5.37 Å². The van der Waals surface area contributed by atoms with Gasteiger partial charge in [0.15, 0.2) is 0 Å². The van der Waals surface area contributed by atoms with Crippen LogP contribution in [0.3, 0.4) is 0 Å². The molecule has 28 heavy (non-hydrogen) atoms. The predicted octanol–water partition coefficient (Wildman–Crippen LogP) is 5.55. The maximum Gasteiger partial charge on any atom is 0.238 e. The van der Waals surface area contributed by atoms with Crippen LogP contribution in [-0.2, 0) is 16.0 Å². The van der Waals surface area contributed by atoms with E-state index in [0.29, 0.717) is 12.2 Å². The Morgan fingerprint density at radius 2 is 1.86 bits per heavy atom. The number of rotatable bonds is 8. The molecule has 1 saturated heterocycles. The Hall–Kier alpha value is -2.27. The van der Waals surface area contributed by atoms with E-state index in [-0.39, 0.29) is 17.2 Å². The highest BCUT2D eigenvalue weighted by Gasteiger charge is 2.34. The van der Waals surface area contributed by atoms with Gasteiger partial charge in [-0.15, -0.1) is 11.8 Å². The first kappa shape index (κ1) is 20.5. The number of anilines is 2. The number of para-hydroxylation sites is 1. The SMILES string of the molecule is CCCCCC(=O)Nc1ccc([C@H]2SCC(=O)N2c2ccccc2CC)cc1. The zero-order chi connectivity index (χ0) is 19.9. The molecule has 5 heteroatoms. The number of benzene rings is 2. The van der Waals surface area contributed by atoms with Gasteiger partial charge in [-0.05, 0) is 42.2 Å². The second-order valence-electron chi connectivity index (χ2n) is 7.04. The van der Waals surface area contributed by atoms with Gasteiger partial charge in [0.05, 0.1) is 5.75 Å². The summed E-state index contributed by atoms with van der Waals surface area (Å²) in [7, 11) is 0. The molecule has 1 atom stereocenters. The Morgan fingerprint density at radius 1 is 1.11 bits per heavy atom. The molecule has 0 bridgehead atoms. The number of carbonyl (C=O) groups is 2. The molecule has 2 aromatic rings. The van der Waals surface area contributed by atoms with Crippen LogP contribution in [0.25, 0.3) is 0 Å². The molecule has 1 fully saturated rings. The number of amides is 2. The van der Waals surface area contributed by atoms with Gasteiger partial charge in [-0.25, -0.2) is 0 Å². The Balaban J connectivity index is 1.73. The fraction of sp³-hybridized carbons (Fsp3) is 0.391. The van der Waals surface area contributed by atoms with Crippen LogP contribution in [0.2, 0.25) is 0 Å². The summed E-state index contributed by atoms with van der Waals surface area (Å²) in [5, 5.41) is 2.93. The van der Waals surface area contributed by atoms with Crippen molar-refractivity contribution in [2.24, 2.45) is 0 Å². The Labute approximate surface area is 171 Å². The van der Waals surface area contributed by atoms with Crippen LogP contribution in [0, 0.1) is 0 Å². The number of thioether (sulfide) groups is 1.